The Labute approximate surface area is 169 Å². The van der Waals surface area contributed by atoms with Crippen molar-refractivity contribution in [2.45, 2.75) is 56.0 Å². The number of tetrazole rings is 1. The van der Waals surface area contributed by atoms with Gasteiger partial charge in [0.05, 0.1) is 17.0 Å². The van der Waals surface area contributed by atoms with Crippen molar-refractivity contribution in [3.63, 3.8) is 0 Å². The van der Waals surface area contributed by atoms with E-state index in [1.54, 1.807) is 0 Å². The molecule has 1 saturated carbocycles. The minimum Gasteiger partial charge on any atom is -0.311 e. The van der Waals surface area contributed by atoms with Crippen molar-refractivity contribution in [3.8, 4) is 0 Å². The van der Waals surface area contributed by atoms with E-state index in [0.29, 0.717) is 12.6 Å². The zero-order valence-electron chi connectivity index (χ0n) is 16.3. The average Bonchev–Trinajstić information content (AvgIpc) is 3.40. The van der Waals surface area contributed by atoms with Crippen molar-refractivity contribution in [1.29, 1.82) is 0 Å². The molecule has 4 rings (SSSR count). The molecule has 1 atom stereocenters. The highest BCUT2D eigenvalue weighted by atomic mass is 32.2. The summed E-state index contributed by atoms with van der Waals surface area (Å²) in [7, 11) is 0. The minimum atomic E-state index is -0.273. The van der Waals surface area contributed by atoms with Crippen LogP contribution >= 0.6 is 11.8 Å². The second-order valence-electron chi connectivity index (χ2n) is 7.19. The molecule has 0 aliphatic heterocycles. The van der Waals surface area contributed by atoms with E-state index in [2.05, 4.69) is 33.7 Å². The summed E-state index contributed by atoms with van der Waals surface area (Å²) < 4.78 is 1.91. The lowest BCUT2D eigenvalue weighted by atomic mass is 10.1. The lowest BCUT2D eigenvalue weighted by Gasteiger charge is -2.25. The lowest BCUT2D eigenvalue weighted by Crippen LogP contribution is -2.36. The van der Waals surface area contributed by atoms with Crippen molar-refractivity contribution in [1.82, 2.24) is 20.2 Å². The molecule has 0 unspecified atom stereocenters. The van der Waals surface area contributed by atoms with Crippen molar-refractivity contribution < 1.29 is 4.79 Å². The normalized spacial score (nSPS) is 15.8. The summed E-state index contributed by atoms with van der Waals surface area (Å²) in [4.78, 5) is 15.2. The first kappa shape index (κ1) is 18.9. The van der Waals surface area contributed by atoms with Gasteiger partial charge in [0.25, 0.3) is 0 Å². The van der Waals surface area contributed by atoms with E-state index in [0.717, 1.165) is 34.5 Å². The van der Waals surface area contributed by atoms with Crippen LogP contribution in [0.1, 0.15) is 45.6 Å². The van der Waals surface area contributed by atoms with E-state index in [4.69, 9.17) is 0 Å². The molecule has 1 aromatic heterocycles. The van der Waals surface area contributed by atoms with Gasteiger partial charge in [0.2, 0.25) is 11.1 Å². The van der Waals surface area contributed by atoms with E-state index in [1.807, 2.05) is 47.7 Å². The Balaban J connectivity index is 1.56. The lowest BCUT2D eigenvalue weighted by molar-refractivity contribution is -0.117. The fraction of sp³-hybridized carbons (Fsp3) is 0.429. The zero-order chi connectivity index (χ0) is 19.5. The molecule has 1 aliphatic carbocycles. The van der Waals surface area contributed by atoms with Crippen molar-refractivity contribution in [2.75, 3.05) is 11.4 Å². The molecule has 0 spiro atoms. The molecular weight excluding hydrogens is 370 g/mol. The summed E-state index contributed by atoms with van der Waals surface area (Å²) in [5.41, 5.74) is 0.952. The Morgan fingerprint density at radius 1 is 1.21 bits per heavy atom. The molecule has 146 valence electrons. The molecule has 1 aliphatic rings. The van der Waals surface area contributed by atoms with Crippen LogP contribution in [0.5, 0.6) is 0 Å². The van der Waals surface area contributed by atoms with Gasteiger partial charge >= 0.3 is 0 Å². The van der Waals surface area contributed by atoms with Crippen LogP contribution in [0.15, 0.2) is 47.6 Å². The number of nitrogens with zero attached hydrogens (tertiary/aromatic N) is 5. The largest absolute Gasteiger partial charge is 0.311 e. The van der Waals surface area contributed by atoms with Crippen molar-refractivity contribution in [3.05, 3.63) is 42.5 Å². The first-order valence-electron chi connectivity index (χ1n) is 9.92. The van der Waals surface area contributed by atoms with Gasteiger partial charge in [-0.15, -0.1) is 5.10 Å². The van der Waals surface area contributed by atoms with Crippen molar-refractivity contribution in [2.24, 2.45) is 0 Å². The van der Waals surface area contributed by atoms with Gasteiger partial charge in [0.15, 0.2) is 0 Å². The fourth-order valence-corrected chi connectivity index (χ4v) is 4.88. The number of aromatic nitrogens is 4. The first-order valence-corrected chi connectivity index (χ1v) is 10.8. The number of carbonyl (C=O) groups is 1. The van der Waals surface area contributed by atoms with Crippen molar-refractivity contribution >= 4 is 34.1 Å². The smallest absolute Gasteiger partial charge is 0.240 e. The van der Waals surface area contributed by atoms with Gasteiger partial charge in [-0.05, 0) is 48.6 Å². The van der Waals surface area contributed by atoms with Crippen LogP contribution in [-0.2, 0) is 4.79 Å². The number of rotatable bonds is 6. The van der Waals surface area contributed by atoms with Crippen LogP contribution in [0.4, 0.5) is 5.69 Å². The Bertz CT molecular complexity index is 961. The van der Waals surface area contributed by atoms with Crippen LogP contribution < -0.4 is 4.90 Å². The maximum atomic E-state index is 13.3. The van der Waals surface area contributed by atoms with Gasteiger partial charge in [-0.1, -0.05) is 61.0 Å². The molecular formula is C21H25N5OS. The Morgan fingerprint density at radius 2 is 1.96 bits per heavy atom. The molecule has 7 heteroatoms. The molecule has 6 nitrogen and oxygen atoms in total. The molecule has 28 heavy (non-hydrogen) atoms. The van der Waals surface area contributed by atoms with E-state index >= 15 is 0 Å². The fourth-order valence-electron chi connectivity index (χ4n) is 3.96. The van der Waals surface area contributed by atoms with Gasteiger partial charge in [-0.2, -0.15) is 0 Å². The number of hydrogen-bond donors (Lipinski definition) is 0. The summed E-state index contributed by atoms with van der Waals surface area (Å²) in [6.07, 6.45) is 4.65. The minimum absolute atomic E-state index is 0.0739. The summed E-state index contributed by atoms with van der Waals surface area (Å²) >= 11 is 1.45. The van der Waals surface area contributed by atoms with Gasteiger partial charge in [-0.3, -0.25) is 4.79 Å². The quantitative estimate of drug-likeness (QED) is 0.576. The van der Waals surface area contributed by atoms with Gasteiger partial charge in [0, 0.05) is 11.9 Å². The topological polar surface area (TPSA) is 63.9 Å². The third kappa shape index (κ3) is 3.63. The summed E-state index contributed by atoms with van der Waals surface area (Å²) in [5, 5.41) is 14.9. The van der Waals surface area contributed by atoms with E-state index < -0.39 is 0 Å². The van der Waals surface area contributed by atoms with Crippen LogP contribution in [0.3, 0.4) is 0 Å². The van der Waals surface area contributed by atoms with Crippen LogP contribution in [0, 0.1) is 0 Å². The number of anilines is 1. The summed E-state index contributed by atoms with van der Waals surface area (Å²) in [5.74, 6) is 0.0739. The summed E-state index contributed by atoms with van der Waals surface area (Å²) in [6, 6.07) is 14.6. The molecule has 0 bridgehead atoms. The third-order valence-electron chi connectivity index (χ3n) is 5.40. The maximum absolute atomic E-state index is 13.3. The second kappa shape index (κ2) is 8.31. The predicted octanol–water partition coefficient (Wildman–Crippen LogP) is 4.48. The van der Waals surface area contributed by atoms with Gasteiger partial charge < -0.3 is 4.90 Å². The highest BCUT2D eigenvalue weighted by Crippen LogP contribution is 2.34. The Hall–Kier alpha value is -2.41. The predicted molar refractivity (Wildman–Crippen MR) is 113 cm³/mol. The molecule has 3 aromatic rings. The monoisotopic (exact) mass is 395 g/mol. The Kier molecular flexibility index (Phi) is 5.62. The molecule has 1 fully saturated rings. The van der Waals surface area contributed by atoms with Gasteiger partial charge in [0.1, 0.15) is 0 Å². The van der Waals surface area contributed by atoms with E-state index in [-0.39, 0.29) is 11.2 Å². The second-order valence-corrected chi connectivity index (χ2v) is 8.49. The van der Waals surface area contributed by atoms with E-state index in [9.17, 15) is 4.79 Å². The number of carbonyl (C=O) groups excluding carboxylic acids is 1. The van der Waals surface area contributed by atoms with E-state index in [1.165, 1.54) is 24.6 Å². The molecule has 1 amide bonds. The molecule has 1 heterocycles. The number of thioether (sulfide) groups is 1. The Morgan fingerprint density at radius 3 is 2.75 bits per heavy atom. The van der Waals surface area contributed by atoms with Crippen LogP contribution in [0.2, 0.25) is 0 Å². The molecule has 0 saturated heterocycles. The van der Waals surface area contributed by atoms with Gasteiger partial charge in [-0.25, -0.2) is 4.68 Å². The summed E-state index contributed by atoms with van der Waals surface area (Å²) in [6.45, 7) is 4.57. The number of amides is 1. The highest BCUT2D eigenvalue weighted by Gasteiger charge is 2.27. The number of benzene rings is 2. The average molecular weight is 396 g/mol. The molecule has 0 radical (unpaired) electrons. The molecule has 2 aromatic carbocycles. The maximum Gasteiger partial charge on any atom is 0.240 e. The highest BCUT2D eigenvalue weighted by molar-refractivity contribution is 8.00. The number of fused-ring (bicyclic) bond motifs is 1. The molecule has 0 N–H and O–H groups in total. The zero-order valence-corrected chi connectivity index (χ0v) is 17.1. The van der Waals surface area contributed by atoms with Crippen LogP contribution in [0.25, 0.3) is 10.8 Å². The SMILES string of the molecule is CCN(C(=O)[C@H](C)Sc1nnnn1C1CCCC1)c1cccc2ccccc12. The third-order valence-corrected chi connectivity index (χ3v) is 6.44. The first-order chi connectivity index (χ1) is 13.7. The standard InChI is InChI=1S/C21H25N5OS/c1-3-25(19-14-8-10-16-9-4-7-13-18(16)19)20(27)15(2)28-21-22-23-24-26(21)17-11-5-6-12-17/h4,7-10,13-15,17H,3,5-6,11-12H2,1-2H3/t15-/m0/s1. The number of hydrogen-bond acceptors (Lipinski definition) is 5. The van der Waals surface area contributed by atoms with Crippen LogP contribution in [-0.4, -0.2) is 37.9 Å².